The zero-order valence-corrected chi connectivity index (χ0v) is 75.0. The summed E-state index contributed by atoms with van der Waals surface area (Å²) in [5.74, 6) is -6.48. The Kier molecular flexibility index (Phi) is 65.9. The topological polar surface area (TPSA) is 913 Å². The third kappa shape index (κ3) is 55.9. The number of non-ortho nitro benzene ring substituents is 3. The van der Waals surface area contributed by atoms with Gasteiger partial charge >= 0.3 is 99.3 Å². The maximum atomic E-state index is 12.0. The molecule has 2 radical (unpaired) electrons. The Hall–Kier alpha value is -15.3. The summed E-state index contributed by atoms with van der Waals surface area (Å²) in [4.78, 5) is 172. The Morgan fingerprint density at radius 3 is 1.02 bits per heavy atom. The van der Waals surface area contributed by atoms with E-state index in [9.17, 15) is 104 Å². The average Bonchev–Trinajstić information content (AvgIpc) is 1.76. The van der Waals surface area contributed by atoms with Crippen molar-refractivity contribution in [3.05, 3.63) is 291 Å². The number of rotatable bonds is 21. The van der Waals surface area contributed by atoms with Crippen molar-refractivity contribution in [3.8, 4) is 0 Å². The van der Waals surface area contributed by atoms with Crippen molar-refractivity contribution < 1.29 is 174 Å². The number of halogens is 2. The monoisotopic (exact) mass is 2080 g/mol. The van der Waals surface area contributed by atoms with E-state index < -0.39 is 165 Å². The molecule has 1 aromatic heterocycles. The Balaban J connectivity index is -0.000000269. The number of carboxylic acids is 4. The van der Waals surface area contributed by atoms with Crippen LogP contribution in [0.25, 0.3) is 17.0 Å². The summed E-state index contributed by atoms with van der Waals surface area (Å²) in [7, 11) is 4.01. The molecule has 0 fully saturated rings. The molecule has 133 heavy (non-hydrogen) atoms. The molecule has 0 aliphatic carbocycles. The number of benzene rings is 7. The number of aromatic amines is 1. The van der Waals surface area contributed by atoms with Gasteiger partial charge in [-0.3, -0.25) is 89.0 Å². The van der Waals surface area contributed by atoms with Crippen LogP contribution in [-0.4, -0.2) is 232 Å². The van der Waals surface area contributed by atoms with E-state index in [4.69, 9.17) is 134 Å². The second-order valence-corrected chi connectivity index (χ2v) is 29.0. The van der Waals surface area contributed by atoms with Crippen LogP contribution in [0.2, 0.25) is 0 Å². The summed E-state index contributed by atoms with van der Waals surface area (Å²) in [5, 5.41) is 153. The van der Waals surface area contributed by atoms with Gasteiger partial charge in [0.15, 0.2) is 0 Å². The molecule has 16 N–H and O–H groups in total. The molecule has 0 aliphatic rings. The van der Waals surface area contributed by atoms with Crippen molar-refractivity contribution >= 4 is 167 Å². The van der Waals surface area contributed by atoms with Crippen LogP contribution < -0.4 is 11.2 Å². The normalized spacial score (nSPS) is 9.53. The summed E-state index contributed by atoms with van der Waals surface area (Å²) in [6, 6.07) is 26.4. The van der Waals surface area contributed by atoms with E-state index in [-0.39, 0.29) is 85.4 Å². The van der Waals surface area contributed by atoms with Crippen LogP contribution >= 0.6 is 17.8 Å². The first-order valence-corrected chi connectivity index (χ1v) is 44.0. The van der Waals surface area contributed by atoms with E-state index in [2.05, 4.69) is 9.97 Å². The molecule has 0 spiro atoms. The Labute approximate surface area is 766 Å². The average molecular weight is 2080 g/mol. The number of fused-ring (bicyclic) bond motifs is 1. The fraction of sp³-hybridized carbons (Fsp3) is 0.243. The molecule has 0 saturated carbocycles. The number of aromatic carboxylic acids is 4. The van der Waals surface area contributed by atoms with Crippen LogP contribution in [0.5, 0.6) is 0 Å². The van der Waals surface area contributed by atoms with Gasteiger partial charge in [-0.05, 0) is 122 Å². The zero-order chi connectivity index (χ0) is 103. The van der Waals surface area contributed by atoms with Crippen LogP contribution in [0, 0.1) is 126 Å². The molecule has 0 aliphatic heterocycles. The Morgan fingerprint density at radius 1 is 0.466 bits per heavy atom. The van der Waals surface area contributed by atoms with E-state index in [0.717, 1.165) is 64.5 Å². The molecule has 0 bridgehead atoms. The van der Waals surface area contributed by atoms with E-state index in [0.29, 0.717) is 29.0 Å². The van der Waals surface area contributed by atoms with E-state index in [1.165, 1.54) is 32.9 Å². The molecule has 0 atom stereocenters. The van der Waals surface area contributed by atoms with Crippen LogP contribution in [0.1, 0.15) is 148 Å². The van der Waals surface area contributed by atoms with Crippen LogP contribution in [-0.2, 0) is 40.0 Å². The molecule has 8 aromatic rings. The number of esters is 3. The number of ether oxygens (including phenoxy) is 3. The minimum absolute atomic E-state index is 0. The molecule has 0 saturated heterocycles. The van der Waals surface area contributed by atoms with Gasteiger partial charge < -0.3 is 65.8 Å². The second kappa shape index (κ2) is 67.0. The standard InChI is InChI=1S/C13H17N3O6.C11H12N2O2.C10H10N2O6.2C8H6N2O6.2C8H8O2.C2H6O.2CH4.2ClH.2HNO3.2H2O4S.Sn/c1-4-21-13(17)11-7-9(14-22-20)8-12(16(18)19)10(11)5-6-15(2)3;1-2-15-11(14)9-5-7(12)6-10-8(9)3-4-13-10;1-3-18-10(13)8-4-7(11(14)15)5-9(6(8)2)12(16)17;2*1-4-6(8(11)12)2-5(9(13)14)3-7(4)10(15)16;2*1-6-4-2-3-5-7(6)8(9)10;1-2-3;;;;;2*2-1(3)4;2*1-5(2,3)4;/h5-8,14,20H,4H2,1-3H3;3-6,13H,2,12H2,1H3;4-5H,3H2,1-2H3;2*2-3H,1H3,(H,11,12);2*2-5H,1H3,(H,9,10);3H,2H2,1H3;2*1H4;2*1H;2*(H,2,3,4);2*(H2,1,2,3,4);/q;;;;;;;;;;;;;;;;+2/p-2/b6-5+;;;;;;;;;;;;;;;;. The fourth-order valence-corrected chi connectivity index (χ4v) is 8.67. The number of carbonyl (C=O) groups excluding carboxylic acids is 3. The van der Waals surface area contributed by atoms with Crippen molar-refractivity contribution in [3.63, 3.8) is 0 Å². The predicted octanol–water partition coefficient (Wildman–Crippen LogP) is 12.7. The molecule has 8 rings (SSSR count). The van der Waals surface area contributed by atoms with Gasteiger partial charge in [0.25, 0.3) is 50.0 Å². The number of carboxylic acid groups (broad SMARTS) is 4. The number of anilines is 2. The number of nitrogens with two attached hydrogens (primary N) is 1. The number of aliphatic hydroxyl groups excluding tert-OH is 1. The van der Waals surface area contributed by atoms with Gasteiger partial charge in [-0.15, -0.1) is 25.2 Å². The van der Waals surface area contributed by atoms with Crippen molar-refractivity contribution in [1.82, 2.24) is 9.88 Å². The van der Waals surface area contributed by atoms with Crippen molar-refractivity contribution in [2.45, 2.75) is 77.2 Å². The predicted molar refractivity (Wildman–Crippen MR) is 467 cm³/mol. The van der Waals surface area contributed by atoms with Gasteiger partial charge in [-0.2, -0.15) is 16.8 Å². The minimum atomic E-state index is -4.67. The Morgan fingerprint density at radius 2 is 0.752 bits per heavy atom. The van der Waals surface area contributed by atoms with E-state index >= 15 is 0 Å². The third-order valence-corrected chi connectivity index (χ3v) is 13.8. The molecule has 0 unspecified atom stereocenters. The summed E-state index contributed by atoms with van der Waals surface area (Å²) in [5.41, 5.74) is 7.17. The number of aromatic nitrogens is 1. The van der Waals surface area contributed by atoms with Gasteiger partial charge in [0.05, 0.1) is 123 Å². The molecule has 7 aromatic carbocycles. The molecule has 0 amide bonds. The summed E-state index contributed by atoms with van der Waals surface area (Å²) in [6.45, 7) is 14.8. The number of hydrogen-bond acceptors (Lipinski definition) is 38. The number of nitro benzene ring substituents is 7. The van der Waals surface area contributed by atoms with Crippen molar-refractivity contribution in [2.75, 3.05) is 51.7 Å². The first kappa shape index (κ1) is 131. The van der Waals surface area contributed by atoms with Gasteiger partial charge in [-0.25, -0.2) is 44.3 Å². The second-order valence-electron chi connectivity index (χ2n) is 22.9. The number of nitrogens with one attached hydrogen (secondary N) is 2. The molecule has 63 heteroatoms. The quantitative estimate of drug-likeness (QED) is 0.00464. The van der Waals surface area contributed by atoms with Crippen molar-refractivity contribution in [1.29, 1.82) is 0 Å². The summed E-state index contributed by atoms with van der Waals surface area (Å²) in [6.07, 6.45) is 4.78. The van der Waals surface area contributed by atoms with Gasteiger partial charge in [0, 0.05) is 84.4 Å². The number of aryl methyl sites for hydroxylation is 2. The SMILES string of the molecule is C.C.CCO.CCOC(=O)c1cc(N)cc2[nH]ccc12.CCOC(=O)c1cc(NOO)cc([N+](=O)[O-])c1/C=C/N(C)C.CCOC(=O)c1cc([N+](=O)[O-])cc([N+](=O)[O-])c1C.Cc1c(C(=O)O)cc([N+](=O)[O-])cc1[N+](=O)[O-].Cc1c(C(=O)O)cc([N+](=O)[O-])cc1[N+](=O)[O-].Cc1ccccc1C(=O)O.Cc1ccccc1C(=O)O.O=S(=O)(O)O.O=S(=O)(O)O.O=[N+]([O-])O.O=[N+]([O-])O.[Cl][Sn][Cl]. The van der Waals surface area contributed by atoms with Gasteiger partial charge in [0.2, 0.25) is 0 Å². The first-order valence-electron chi connectivity index (χ1n) is 34.0. The molecule has 1 heterocycles. The number of carbonyl (C=O) groups is 7. The summed E-state index contributed by atoms with van der Waals surface area (Å²) >= 11 is -0.826. The number of nitrogens with zero attached hydrogens (tertiary/aromatic N) is 10. The number of hydrogen-bond donors (Lipinski definition) is 15. The molecule has 58 nitrogen and oxygen atoms in total. The number of H-pyrrole nitrogens is 1. The zero-order valence-electron chi connectivity index (χ0n) is 69.0. The molecular weight excluding hydrogens is 2000 g/mol. The van der Waals surface area contributed by atoms with Crippen molar-refractivity contribution in [2.24, 2.45) is 0 Å². The van der Waals surface area contributed by atoms with Crippen LogP contribution in [0.3, 0.4) is 0 Å². The van der Waals surface area contributed by atoms with Gasteiger partial charge in [-0.1, -0.05) is 51.3 Å². The number of nitrogen functional groups attached to an aromatic ring is 1. The number of nitro groups is 7. The van der Waals surface area contributed by atoms with Gasteiger partial charge in [0.1, 0.15) is 0 Å². The van der Waals surface area contributed by atoms with Crippen LogP contribution in [0.4, 0.5) is 51.2 Å². The first-order chi connectivity index (χ1) is 60.4. The van der Waals surface area contributed by atoms with Crippen LogP contribution in [0.15, 0.2) is 128 Å². The maximum absolute atomic E-state index is 12.0. The third-order valence-electron chi connectivity index (χ3n) is 13.8. The van der Waals surface area contributed by atoms with E-state index in [1.54, 1.807) is 121 Å². The fourth-order valence-electron chi connectivity index (χ4n) is 8.67. The number of aliphatic hydroxyl groups is 1. The summed E-state index contributed by atoms with van der Waals surface area (Å²) < 4.78 is 77.7. The molecular formula is C70H87Cl2N13O45S2Sn. The Bertz CT molecular complexity index is 5330. The van der Waals surface area contributed by atoms with E-state index in [1.807, 2.05) is 23.7 Å². The molecule has 732 valence electrons.